The van der Waals surface area contributed by atoms with Gasteiger partial charge in [-0.05, 0) is 49.9 Å². The second-order valence-electron chi connectivity index (χ2n) is 7.69. The molecule has 0 saturated carbocycles. The number of carbonyl (C=O) groups is 1. The fraction of sp³-hybridized carbons (Fsp3) is 0.409. The van der Waals surface area contributed by atoms with Crippen molar-refractivity contribution in [3.05, 3.63) is 47.0 Å². The Morgan fingerprint density at radius 1 is 1.00 bits per heavy atom. The summed E-state index contributed by atoms with van der Waals surface area (Å²) in [5.41, 5.74) is 2.55. The third kappa shape index (κ3) is 4.57. The van der Waals surface area contributed by atoms with Crippen LogP contribution in [0.5, 0.6) is 23.0 Å². The first-order valence-corrected chi connectivity index (χ1v) is 8.78. The van der Waals surface area contributed by atoms with E-state index in [1.165, 1.54) is 0 Å². The van der Waals surface area contributed by atoms with Gasteiger partial charge in [0.1, 0.15) is 12.0 Å². The Bertz CT molecular complexity index is 785. The quantitative estimate of drug-likeness (QED) is 0.623. The van der Waals surface area contributed by atoms with E-state index in [0.29, 0.717) is 22.8 Å². The molecule has 0 N–H and O–H groups in total. The van der Waals surface area contributed by atoms with Crippen LogP contribution in [0.1, 0.15) is 56.1 Å². The second-order valence-corrected chi connectivity index (χ2v) is 7.69. The van der Waals surface area contributed by atoms with Crippen LogP contribution in [-0.4, -0.2) is 19.5 Å². The Balaban J connectivity index is 2.62. The van der Waals surface area contributed by atoms with Gasteiger partial charge in [0.25, 0.3) is 0 Å². The molecule has 0 aliphatic carbocycles. The summed E-state index contributed by atoms with van der Waals surface area (Å²) in [7, 11) is 1.55. The van der Waals surface area contributed by atoms with E-state index in [0.717, 1.165) is 23.2 Å². The highest BCUT2D eigenvalue weighted by Gasteiger charge is 2.22. The van der Waals surface area contributed by atoms with Gasteiger partial charge in [-0.1, -0.05) is 32.9 Å². The van der Waals surface area contributed by atoms with Gasteiger partial charge in [0.15, 0.2) is 11.5 Å². The minimum Gasteiger partial charge on any atom is -0.493 e. The molecule has 0 aliphatic rings. The Morgan fingerprint density at radius 2 is 1.65 bits per heavy atom. The lowest BCUT2D eigenvalue weighted by Gasteiger charge is -2.24. The maximum absolute atomic E-state index is 11.3. The molecule has 0 atom stereocenters. The van der Waals surface area contributed by atoms with Crippen LogP contribution in [0.4, 0.5) is 0 Å². The van der Waals surface area contributed by atoms with Crippen molar-refractivity contribution < 1.29 is 19.0 Å². The van der Waals surface area contributed by atoms with E-state index in [1.54, 1.807) is 19.2 Å². The lowest BCUT2D eigenvalue weighted by Crippen LogP contribution is -2.13. The summed E-state index contributed by atoms with van der Waals surface area (Å²) >= 11 is 0. The molecule has 26 heavy (non-hydrogen) atoms. The van der Waals surface area contributed by atoms with Crippen LogP contribution in [0.25, 0.3) is 0 Å². The summed E-state index contributed by atoms with van der Waals surface area (Å²) in [5, 5.41) is 0. The molecule has 0 aromatic heterocycles. The number of aldehydes is 1. The maximum atomic E-state index is 11.3. The van der Waals surface area contributed by atoms with Crippen molar-refractivity contribution in [1.82, 2.24) is 0 Å². The third-order valence-corrected chi connectivity index (χ3v) is 3.92. The van der Waals surface area contributed by atoms with Crippen LogP contribution in [-0.2, 0) is 5.41 Å². The highest BCUT2D eigenvalue weighted by atomic mass is 16.5. The molecule has 2 aromatic rings. The van der Waals surface area contributed by atoms with Crippen molar-refractivity contribution >= 4 is 6.29 Å². The molecule has 0 bridgehead atoms. The molecule has 140 valence electrons. The number of rotatable bonds is 6. The summed E-state index contributed by atoms with van der Waals surface area (Å²) < 4.78 is 17.6. The molecule has 2 aromatic carbocycles. The highest BCUT2D eigenvalue weighted by Crippen LogP contribution is 2.43. The zero-order valence-electron chi connectivity index (χ0n) is 16.7. The Labute approximate surface area is 156 Å². The molecule has 0 aliphatic heterocycles. The van der Waals surface area contributed by atoms with E-state index >= 15 is 0 Å². The van der Waals surface area contributed by atoms with Crippen LogP contribution in [0.2, 0.25) is 0 Å². The first kappa shape index (κ1) is 19.8. The Morgan fingerprint density at radius 3 is 2.19 bits per heavy atom. The number of benzene rings is 2. The van der Waals surface area contributed by atoms with Crippen molar-refractivity contribution in [2.45, 2.75) is 53.1 Å². The number of ether oxygens (including phenoxy) is 3. The van der Waals surface area contributed by atoms with Crippen LogP contribution >= 0.6 is 0 Å². The zero-order valence-corrected chi connectivity index (χ0v) is 16.7. The van der Waals surface area contributed by atoms with Crippen molar-refractivity contribution in [3.8, 4) is 23.0 Å². The molecule has 4 heteroatoms. The molecule has 0 radical (unpaired) electrons. The van der Waals surface area contributed by atoms with Crippen molar-refractivity contribution in [2.24, 2.45) is 0 Å². The van der Waals surface area contributed by atoms with E-state index < -0.39 is 0 Å². The molecule has 0 unspecified atom stereocenters. The van der Waals surface area contributed by atoms with Crippen molar-refractivity contribution in [3.63, 3.8) is 0 Å². The SMILES string of the molecule is COc1cc(C=O)cc(Oc2cc(C)ccc2C(C)(C)C)c1OC(C)C. The number of hydrogen-bond acceptors (Lipinski definition) is 4. The first-order valence-electron chi connectivity index (χ1n) is 8.78. The topological polar surface area (TPSA) is 44.8 Å². The average molecular weight is 356 g/mol. The summed E-state index contributed by atoms with van der Waals surface area (Å²) in [6, 6.07) is 9.48. The second kappa shape index (κ2) is 7.81. The van der Waals surface area contributed by atoms with Gasteiger partial charge >= 0.3 is 0 Å². The number of hydrogen-bond donors (Lipinski definition) is 0. The molecular weight excluding hydrogens is 328 g/mol. The number of aryl methyl sites for hydroxylation is 1. The van der Waals surface area contributed by atoms with Gasteiger partial charge in [0, 0.05) is 11.1 Å². The van der Waals surface area contributed by atoms with Crippen LogP contribution in [0.15, 0.2) is 30.3 Å². The fourth-order valence-corrected chi connectivity index (χ4v) is 2.70. The molecule has 0 heterocycles. The summed E-state index contributed by atoms with van der Waals surface area (Å²) in [5.74, 6) is 2.19. The average Bonchev–Trinajstić information content (AvgIpc) is 2.54. The van der Waals surface area contributed by atoms with Gasteiger partial charge in [-0.3, -0.25) is 4.79 Å². The molecule has 2 rings (SSSR count). The smallest absolute Gasteiger partial charge is 0.204 e. The molecule has 0 fully saturated rings. The summed E-state index contributed by atoms with van der Waals surface area (Å²) in [6.07, 6.45) is 0.711. The van der Waals surface area contributed by atoms with E-state index in [1.807, 2.05) is 26.8 Å². The molecule has 0 amide bonds. The van der Waals surface area contributed by atoms with E-state index in [9.17, 15) is 4.79 Å². The minimum atomic E-state index is -0.0888. The van der Waals surface area contributed by atoms with Crippen LogP contribution < -0.4 is 14.2 Å². The highest BCUT2D eigenvalue weighted by molar-refractivity contribution is 5.78. The van der Waals surface area contributed by atoms with Gasteiger partial charge in [0.2, 0.25) is 5.75 Å². The van der Waals surface area contributed by atoms with Crippen LogP contribution in [0, 0.1) is 6.92 Å². The lowest BCUT2D eigenvalue weighted by atomic mass is 9.86. The van der Waals surface area contributed by atoms with E-state index in [-0.39, 0.29) is 11.5 Å². The van der Waals surface area contributed by atoms with Gasteiger partial charge in [-0.15, -0.1) is 0 Å². The summed E-state index contributed by atoms with van der Waals surface area (Å²) in [6.45, 7) is 12.3. The molecule has 4 nitrogen and oxygen atoms in total. The predicted octanol–water partition coefficient (Wildman–Crippen LogP) is 5.69. The lowest BCUT2D eigenvalue weighted by molar-refractivity contribution is 0.112. The Hall–Kier alpha value is -2.49. The maximum Gasteiger partial charge on any atom is 0.204 e. The van der Waals surface area contributed by atoms with Gasteiger partial charge < -0.3 is 14.2 Å². The summed E-state index contributed by atoms with van der Waals surface area (Å²) in [4.78, 5) is 11.3. The monoisotopic (exact) mass is 356 g/mol. The molecular formula is C22H28O4. The normalized spacial score (nSPS) is 11.4. The standard InChI is InChI=1S/C22H28O4/c1-14(2)25-21-19(24-7)11-16(13-23)12-20(21)26-18-10-15(3)8-9-17(18)22(4,5)6/h8-14H,1-7H3. The predicted molar refractivity (Wildman–Crippen MR) is 104 cm³/mol. The van der Waals surface area contributed by atoms with Gasteiger partial charge in [-0.25, -0.2) is 0 Å². The van der Waals surface area contributed by atoms with E-state index in [2.05, 4.69) is 32.9 Å². The van der Waals surface area contributed by atoms with Gasteiger partial charge in [0.05, 0.1) is 13.2 Å². The number of methoxy groups -OCH3 is 1. The first-order chi connectivity index (χ1) is 12.2. The minimum absolute atomic E-state index is 0.0621. The Kier molecular flexibility index (Phi) is 5.96. The van der Waals surface area contributed by atoms with Gasteiger partial charge in [-0.2, -0.15) is 0 Å². The third-order valence-electron chi connectivity index (χ3n) is 3.92. The van der Waals surface area contributed by atoms with Crippen LogP contribution in [0.3, 0.4) is 0 Å². The zero-order chi connectivity index (χ0) is 19.5. The fourth-order valence-electron chi connectivity index (χ4n) is 2.70. The van der Waals surface area contributed by atoms with Crippen molar-refractivity contribution in [2.75, 3.05) is 7.11 Å². The van der Waals surface area contributed by atoms with Crippen molar-refractivity contribution in [1.29, 1.82) is 0 Å². The largest absolute Gasteiger partial charge is 0.493 e. The molecule has 0 saturated heterocycles. The van der Waals surface area contributed by atoms with E-state index in [4.69, 9.17) is 14.2 Å². The molecule has 0 spiro atoms. The number of carbonyl (C=O) groups excluding carboxylic acids is 1.